The molecule has 0 fully saturated rings. The number of amides is 1. The van der Waals surface area contributed by atoms with Gasteiger partial charge in [-0.3, -0.25) is 4.79 Å². The van der Waals surface area contributed by atoms with Gasteiger partial charge >= 0.3 is 6.18 Å². The summed E-state index contributed by atoms with van der Waals surface area (Å²) in [6.07, 6.45) is -4.91. The molecule has 1 aromatic carbocycles. The fourth-order valence-electron chi connectivity index (χ4n) is 2.13. The van der Waals surface area contributed by atoms with E-state index in [-0.39, 0.29) is 22.6 Å². The highest BCUT2D eigenvalue weighted by atomic mass is 32.2. The van der Waals surface area contributed by atoms with Crippen molar-refractivity contribution in [1.82, 2.24) is 15.0 Å². The molecule has 0 aliphatic rings. The molecule has 136 valence electrons. The lowest BCUT2D eigenvalue weighted by Crippen LogP contribution is -2.26. The predicted octanol–water partition coefficient (Wildman–Crippen LogP) is 1.87. The van der Waals surface area contributed by atoms with Gasteiger partial charge < -0.3 is 5.32 Å². The smallest absolute Gasteiger partial charge is 0.302 e. The number of nitrogens with one attached hydrogen (secondary N) is 2. The van der Waals surface area contributed by atoms with Crippen LogP contribution in [0.15, 0.2) is 21.7 Å². The van der Waals surface area contributed by atoms with Gasteiger partial charge in [-0.25, -0.2) is 17.8 Å². The number of aromatic nitrogens is 2. The van der Waals surface area contributed by atoms with Crippen LogP contribution in [0.2, 0.25) is 0 Å². The maximum atomic E-state index is 13.2. The number of sulfonamides is 1. The molecule has 1 heterocycles. The Morgan fingerprint density at radius 2 is 1.84 bits per heavy atom. The van der Waals surface area contributed by atoms with Gasteiger partial charge in [0.1, 0.15) is 5.69 Å². The summed E-state index contributed by atoms with van der Waals surface area (Å²) in [4.78, 5) is 11.3. The maximum absolute atomic E-state index is 13.2. The number of carbonyl (C=O) groups excluding carboxylic acids is 1. The molecule has 2 aromatic rings. The molecule has 8 nitrogen and oxygen atoms in total. The van der Waals surface area contributed by atoms with E-state index in [1.807, 2.05) is 4.72 Å². The highest BCUT2D eigenvalue weighted by Gasteiger charge is 2.39. The topological polar surface area (TPSA) is 114 Å². The van der Waals surface area contributed by atoms with Gasteiger partial charge in [0.2, 0.25) is 15.8 Å². The molecule has 0 spiro atoms. The molecule has 12 heteroatoms. The summed E-state index contributed by atoms with van der Waals surface area (Å²) in [6, 6.07) is 1.44. The Hall–Kier alpha value is -2.47. The third kappa shape index (κ3) is 3.64. The van der Waals surface area contributed by atoms with Crippen molar-refractivity contribution in [3.05, 3.63) is 34.5 Å². The molecule has 0 saturated carbocycles. The van der Waals surface area contributed by atoms with Crippen molar-refractivity contribution in [2.75, 3.05) is 12.4 Å². The summed E-state index contributed by atoms with van der Waals surface area (Å²) >= 11 is 0. The zero-order chi connectivity index (χ0) is 19.0. The average Bonchev–Trinajstić information content (AvgIpc) is 2.90. The molecule has 0 bridgehead atoms. The van der Waals surface area contributed by atoms with E-state index in [0.29, 0.717) is 6.07 Å². The minimum atomic E-state index is -4.91. The number of alkyl halides is 3. The van der Waals surface area contributed by atoms with Gasteiger partial charge in [-0.05, 0) is 43.7 Å². The zero-order valence-electron chi connectivity index (χ0n) is 13.2. The fraction of sp³-hybridized carbons (Fsp3) is 0.308. The molecule has 25 heavy (non-hydrogen) atoms. The first-order valence-electron chi connectivity index (χ1n) is 6.74. The first-order valence-corrected chi connectivity index (χ1v) is 8.22. The first kappa shape index (κ1) is 18.9. The van der Waals surface area contributed by atoms with E-state index < -0.39 is 32.6 Å². The number of aryl methyl sites for hydroxylation is 1. The van der Waals surface area contributed by atoms with Crippen LogP contribution < -0.4 is 10.0 Å². The molecule has 2 N–H and O–H groups in total. The second-order valence-corrected chi connectivity index (χ2v) is 6.80. The molecule has 2 rings (SSSR count). The third-order valence-corrected chi connectivity index (χ3v) is 4.98. The lowest BCUT2D eigenvalue weighted by atomic mass is 10.0. The van der Waals surface area contributed by atoms with Crippen LogP contribution in [-0.4, -0.2) is 31.7 Å². The van der Waals surface area contributed by atoms with Gasteiger partial charge in [0.15, 0.2) is 0 Å². The van der Waals surface area contributed by atoms with E-state index >= 15 is 0 Å². The summed E-state index contributed by atoms with van der Waals surface area (Å²) in [7, 11) is -3.49. The molecule has 1 amide bonds. The Balaban J connectivity index is 2.60. The number of benzene rings is 1. The van der Waals surface area contributed by atoms with Crippen LogP contribution >= 0.6 is 0 Å². The second kappa shape index (κ2) is 6.44. The van der Waals surface area contributed by atoms with E-state index in [0.717, 1.165) is 20.0 Å². The van der Waals surface area contributed by atoms with Crippen molar-refractivity contribution in [3.63, 3.8) is 0 Å². The molecule has 0 unspecified atom stereocenters. The van der Waals surface area contributed by atoms with Gasteiger partial charge in [-0.1, -0.05) is 5.16 Å². The van der Waals surface area contributed by atoms with Crippen molar-refractivity contribution in [2.45, 2.75) is 24.9 Å². The number of rotatable bonds is 4. The molecular formula is C13H13F3N4O4S. The van der Waals surface area contributed by atoms with Crippen molar-refractivity contribution in [2.24, 2.45) is 0 Å². The number of hydrogen-bond acceptors (Lipinski definition) is 6. The molecular weight excluding hydrogens is 365 g/mol. The second-order valence-electron chi connectivity index (χ2n) is 4.97. The third-order valence-electron chi connectivity index (χ3n) is 3.38. The van der Waals surface area contributed by atoms with Crippen LogP contribution in [0.5, 0.6) is 0 Å². The standard InChI is InChI=1S/C13H13F3N4O4S/c1-6-8(12(21)18-11-7(2)19-24-20-11)4-5-9(13(14,15)16)10(6)25(22,23)17-3/h4-5,17H,1-3H3,(H,18,20,21). The summed E-state index contributed by atoms with van der Waals surface area (Å²) in [5.74, 6) is -0.875. The highest BCUT2D eigenvalue weighted by Crippen LogP contribution is 2.36. The van der Waals surface area contributed by atoms with Gasteiger partial charge in [0.05, 0.1) is 10.5 Å². The van der Waals surface area contributed by atoms with Gasteiger partial charge in [-0.15, -0.1) is 0 Å². The SMILES string of the molecule is CNS(=O)(=O)c1c(C(F)(F)F)ccc(C(=O)Nc2nonc2C)c1C. The minimum Gasteiger partial charge on any atom is -0.302 e. The normalized spacial score (nSPS) is 12.2. The van der Waals surface area contributed by atoms with Crippen molar-refractivity contribution >= 4 is 21.7 Å². The monoisotopic (exact) mass is 378 g/mol. The van der Waals surface area contributed by atoms with Gasteiger partial charge in [0.25, 0.3) is 5.91 Å². The van der Waals surface area contributed by atoms with Crippen LogP contribution in [0.4, 0.5) is 19.0 Å². The predicted molar refractivity (Wildman–Crippen MR) is 79.4 cm³/mol. The Morgan fingerprint density at radius 3 is 2.32 bits per heavy atom. The van der Waals surface area contributed by atoms with Crippen LogP contribution in [0.25, 0.3) is 0 Å². The molecule has 0 saturated heterocycles. The van der Waals surface area contributed by atoms with E-state index in [1.165, 1.54) is 6.92 Å². The summed E-state index contributed by atoms with van der Waals surface area (Å²) < 4.78 is 69.8. The molecule has 0 aliphatic carbocycles. The van der Waals surface area contributed by atoms with Crippen LogP contribution in [0, 0.1) is 13.8 Å². The summed E-state index contributed by atoms with van der Waals surface area (Å²) in [6.45, 7) is 2.60. The van der Waals surface area contributed by atoms with Crippen molar-refractivity contribution < 1.29 is 31.0 Å². The van der Waals surface area contributed by atoms with Crippen LogP contribution in [0.1, 0.15) is 27.2 Å². The van der Waals surface area contributed by atoms with E-state index in [4.69, 9.17) is 0 Å². The average molecular weight is 378 g/mol. The lowest BCUT2D eigenvalue weighted by molar-refractivity contribution is -0.140. The van der Waals surface area contributed by atoms with E-state index in [2.05, 4.69) is 20.3 Å². The minimum absolute atomic E-state index is 0.0256. The quantitative estimate of drug-likeness (QED) is 0.839. The van der Waals surface area contributed by atoms with Gasteiger partial charge in [-0.2, -0.15) is 13.2 Å². The number of halogens is 3. The largest absolute Gasteiger partial charge is 0.417 e. The van der Waals surface area contributed by atoms with Gasteiger partial charge in [0, 0.05) is 5.56 Å². The summed E-state index contributed by atoms with van der Waals surface area (Å²) in [5.41, 5.74) is -1.73. The number of anilines is 1. The van der Waals surface area contributed by atoms with E-state index in [9.17, 15) is 26.4 Å². The highest BCUT2D eigenvalue weighted by molar-refractivity contribution is 7.89. The zero-order valence-corrected chi connectivity index (χ0v) is 14.0. The number of hydrogen-bond donors (Lipinski definition) is 2. The number of carbonyl (C=O) groups is 1. The Labute approximate surface area is 140 Å². The van der Waals surface area contributed by atoms with Crippen LogP contribution in [0.3, 0.4) is 0 Å². The van der Waals surface area contributed by atoms with E-state index in [1.54, 1.807) is 0 Å². The Morgan fingerprint density at radius 1 is 1.20 bits per heavy atom. The van der Waals surface area contributed by atoms with Crippen molar-refractivity contribution in [1.29, 1.82) is 0 Å². The summed E-state index contributed by atoms with van der Waals surface area (Å²) in [5, 5.41) is 9.17. The molecule has 1 aromatic heterocycles. The van der Waals surface area contributed by atoms with Crippen molar-refractivity contribution in [3.8, 4) is 0 Å². The Kier molecular flexibility index (Phi) is 4.86. The first-order chi connectivity index (χ1) is 11.5. The van der Waals surface area contributed by atoms with Crippen LogP contribution in [-0.2, 0) is 16.2 Å². The molecule has 0 atom stereocenters. The maximum Gasteiger partial charge on any atom is 0.417 e. The number of nitrogens with zero attached hydrogens (tertiary/aromatic N) is 2. The fourth-order valence-corrected chi connectivity index (χ4v) is 3.32. The molecule has 0 aliphatic heterocycles. The lowest BCUT2D eigenvalue weighted by Gasteiger charge is -2.17. The molecule has 0 radical (unpaired) electrons. The Bertz CT molecular complexity index is 922.